The smallest absolute Gasteiger partial charge is 0.251 e. The van der Waals surface area contributed by atoms with Crippen LogP contribution < -0.4 is 10.6 Å². The third-order valence-corrected chi connectivity index (χ3v) is 5.62. The number of rotatable bonds is 7. The Morgan fingerprint density at radius 2 is 1.97 bits per heavy atom. The Labute approximate surface area is 180 Å². The summed E-state index contributed by atoms with van der Waals surface area (Å²) in [5.74, 6) is -1.04. The first-order chi connectivity index (χ1) is 13.9. The van der Waals surface area contributed by atoms with Crippen LogP contribution in [0.1, 0.15) is 16.8 Å². The van der Waals surface area contributed by atoms with Crippen molar-refractivity contribution in [1.82, 2.24) is 14.9 Å². The average Bonchev–Trinajstić information content (AvgIpc) is 3.09. The van der Waals surface area contributed by atoms with Gasteiger partial charge in [-0.05, 0) is 54.2 Å². The Morgan fingerprint density at radius 1 is 1.21 bits per heavy atom. The highest BCUT2D eigenvalue weighted by molar-refractivity contribution is 9.10. The van der Waals surface area contributed by atoms with E-state index < -0.39 is 5.82 Å². The zero-order valence-corrected chi connectivity index (χ0v) is 17.9. The van der Waals surface area contributed by atoms with Crippen LogP contribution in [0.4, 0.5) is 10.1 Å². The van der Waals surface area contributed by atoms with Crippen molar-refractivity contribution in [1.29, 1.82) is 0 Å². The molecule has 0 atom stereocenters. The Kier molecular flexibility index (Phi) is 7.05. The molecule has 0 radical (unpaired) electrons. The van der Waals surface area contributed by atoms with Crippen molar-refractivity contribution in [3.05, 3.63) is 70.7 Å². The lowest BCUT2D eigenvalue weighted by Crippen LogP contribution is -2.27. The molecule has 150 valence electrons. The van der Waals surface area contributed by atoms with Gasteiger partial charge in [0.1, 0.15) is 5.82 Å². The summed E-state index contributed by atoms with van der Waals surface area (Å²) in [5.41, 5.74) is 0.870. The molecule has 29 heavy (non-hydrogen) atoms. The van der Waals surface area contributed by atoms with Crippen LogP contribution in [0, 0.1) is 5.82 Å². The molecule has 0 spiro atoms. The van der Waals surface area contributed by atoms with Gasteiger partial charge in [0.15, 0.2) is 5.16 Å². The molecule has 9 heteroatoms. The topological polar surface area (TPSA) is 76.0 Å². The van der Waals surface area contributed by atoms with E-state index in [4.69, 9.17) is 0 Å². The number of anilines is 1. The van der Waals surface area contributed by atoms with Crippen LogP contribution >= 0.6 is 27.7 Å². The summed E-state index contributed by atoms with van der Waals surface area (Å²) in [7, 11) is 1.85. The third kappa shape index (κ3) is 5.91. The Bertz CT molecular complexity index is 1020. The summed E-state index contributed by atoms with van der Waals surface area (Å²) in [5, 5.41) is 6.12. The van der Waals surface area contributed by atoms with Crippen molar-refractivity contribution in [2.45, 2.75) is 16.5 Å². The lowest BCUT2D eigenvalue weighted by atomic mass is 10.2. The zero-order valence-electron chi connectivity index (χ0n) is 15.5. The summed E-state index contributed by atoms with van der Waals surface area (Å²) >= 11 is 4.63. The van der Waals surface area contributed by atoms with Gasteiger partial charge in [0.2, 0.25) is 5.91 Å². The van der Waals surface area contributed by atoms with Gasteiger partial charge in [-0.15, -0.1) is 0 Å². The predicted octanol–water partition coefficient (Wildman–Crippen LogP) is 4.23. The molecule has 6 nitrogen and oxygen atoms in total. The van der Waals surface area contributed by atoms with E-state index in [-0.39, 0.29) is 24.8 Å². The number of amides is 2. The number of aromatic nitrogens is 2. The van der Waals surface area contributed by atoms with Crippen LogP contribution in [0.25, 0.3) is 0 Å². The van der Waals surface area contributed by atoms with Crippen molar-refractivity contribution >= 4 is 45.2 Å². The van der Waals surface area contributed by atoms with Gasteiger partial charge >= 0.3 is 0 Å². The van der Waals surface area contributed by atoms with Crippen LogP contribution in [0.2, 0.25) is 0 Å². The average molecular weight is 477 g/mol. The van der Waals surface area contributed by atoms with E-state index in [9.17, 15) is 14.0 Å². The molecule has 3 aromatic rings. The van der Waals surface area contributed by atoms with E-state index in [1.54, 1.807) is 42.7 Å². The fourth-order valence-corrected chi connectivity index (χ4v) is 3.58. The van der Waals surface area contributed by atoms with Crippen LogP contribution in [0.3, 0.4) is 0 Å². The van der Waals surface area contributed by atoms with Crippen LogP contribution in [0.5, 0.6) is 0 Å². The molecule has 2 N–H and O–H groups in total. The summed E-state index contributed by atoms with van der Waals surface area (Å²) in [4.78, 5) is 29.3. The van der Waals surface area contributed by atoms with Crippen molar-refractivity contribution in [2.75, 3.05) is 11.9 Å². The minimum absolute atomic E-state index is 0.0608. The molecule has 0 aliphatic carbocycles. The highest BCUT2D eigenvalue weighted by atomic mass is 79.9. The number of nitrogens with one attached hydrogen (secondary N) is 2. The number of nitrogens with zero attached hydrogens (tertiary/aromatic N) is 2. The predicted molar refractivity (Wildman–Crippen MR) is 113 cm³/mol. The van der Waals surface area contributed by atoms with E-state index in [0.717, 1.165) is 4.47 Å². The number of imidazole rings is 1. The first kappa shape index (κ1) is 21.1. The lowest BCUT2D eigenvalue weighted by molar-refractivity contribution is -0.116. The summed E-state index contributed by atoms with van der Waals surface area (Å²) < 4.78 is 16.4. The second-order valence-corrected chi connectivity index (χ2v) is 8.05. The quantitative estimate of drug-likeness (QED) is 0.534. The van der Waals surface area contributed by atoms with Gasteiger partial charge in [-0.3, -0.25) is 9.59 Å². The van der Waals surface area contributed by atoms with Crippen LogP contribution in [-0.4, -0.2) is 27.9 Å². The van der Waals surface area contributed by atoms with Gasteiger partial charge in [0.25, 0.3) is 5.91 Å². The van der Waals surface area contributed by atoms with E-state index in [1.165, 1.54) is 23.9 Å². The standard InChI is InChI=1S/C20H18BrFN4O2S/c1-26-11-10-24-20(26)29-17-7-6-15(22)12-16(17)25-18(27)8-9-23-19(28)13-2-4-14(21)5-3-13/h2-7,10-12H,8-9H2,1H3,(H,23,28)(H,25,27). The SMILES string of the molecule is Cn1ccnc1Sc1ccc(F)cc1NC(=O)CCNC(=O)c1ccc(Br)cc1. The van der Waals surface area contributed by atoms with E-state index >= 15 is 0 Å². The van der Waals surface area contributed by atoms with Crippen LogP contribution in [-0.2, 0) is 11.8 Å². The van der Waals surface area contributed by atoms with Crippen LogP contribution in [0.15, 0.2) is 69.4 Å². The van der Waals surface area contributed by atoms with Gasteiger partial charge in [0, 0.05) is 47.3 Å². The molecule has 0 saturated carbocycles. The number of hydrogen-bond acceptors (Lipinski definition) is 4. The Balaban J connectivity index is 1.57. The molecule has 0 bridgehead atoms. The Morgan fingerprint density at radius 3 is 2.66 bits per heavy atom. The highest BCUT2D eigenvalue weighted by Gasteiger charge is 2.12. The number of hydrogen-bond donors (Lipinski definition) is 2. The second kappa shape index (κ2) is 9.71. The molecule has 0 aliphatic heterocycles. The number of halogens is 2. The first-order valence-corrected chi connectivity index (χ1v) is 10.3. The second-order valence-electron chi connectivity index (χ2n) is 6.12. The number of carbonyl (C=O) groups excluding carboxylic acids is 2. The minimum atomic E-state index is -0.451. The highest BCUT2D eigenvalue weighted by Crippen LogP contribution is 2.32. The van der Waals surface area contributed by atoms with E-state index in [2.05, 4.69) is 31.5 Å². The van der Waals surface area contributed by atoms with Gasteiger partial charge in [-0.25, -0.2) is 9.37 Å². The molecular formula is C20H18BrFN4O2S. The molecule has 1 heterocycles. The maximum atomic E-state index is 13.7. The molecule has 1 aromatic heterocycles. The minimum Gasteiger partial charge on any atom is -0.352 e. The molecule has 2 aromatic carbocycles. The number of carbonyl (C=O) groups is 2. The summed E-state index contributed by atoms with van der Waals surface area (Å²) in [6.07, 6.45) is 3.53. The maximum absolute atomic E-state index is 13.7. The fourth-order valence-electron chi connectivity index (χ4n) is 2.44. The summed E-state index contributed by atoms with van der Waals surface area (Å²) in [6.45, 7) is 0.165. The van der Waals surface area contributed by atoms with Crippen molar-refractivity contribution in [2.24, 2.45) is 7.05 Å². The number of benzene rings is 2. The number of aryl methyl sites for hydroxylation is 1. The molecular weight excluding hydrogens is 459 g/mol. The van der Waals surface area contributed by atoms with Gasteiger partial charge in [-0.2, -0.15) is 0 Å². The monoisotopic (exact) mass is 476 g/mol. The zero-order chi connectivity index (χ0) is 20.8. The molecule has 0 fully saturated rings. The third-order valence-electron chi connectivity index (χ3n) is 3.94. The molecule has 0 unspecified atom stereocenters. The first-order valence-electron chi connectivity index (χ1n) is 8.71. The van der Waals surface area contributed by atoms with Crippen molar-refractivity contribution < 1.29 is 14.0 Å². The molecule has 2 amide bonds. The van der Waals surface area contributed by atoms with Gasteiger partial charge in [-0.1, -0.05) is 15.9 Å². The van der Waals surface area contributed by atoms with Gasteiger partial charge in [0.05, 0.1) is 5.69 Å². The molecule has 0 aliphatic rings. The fraction of sp³-hybridized carbons (Fsp3) is 0.150. The largest absolute Gasteiger partial charge is 0.352 e. The van der Waals surface area contributed by atoms with E-state index in [0.29, 0.717) is 21.3 Å². The maximum Gasteiger partial charge on any atom is 0.251 e. The van der Waals surface area contributed by atoms with Crippen molar-refractivity contribution in [3.8, 4) is 0 Å². The van der Waals surface area contributed by atoms with Crippen molar-refractivity contribution in [3.63, 3.8) is 0 Å². The Hall–Kier alpha value is -2.65. The van der Waals surface area contributed by atoms with E-state index in [1.807, 2.05) is 11.6 Å². The summed E-state index contributed by atoms with van der Waals surface area (Å²) in [6, 6.07) is 11.1. The normalized spacial score (nSPS) is 10.6. The van der Waals surface area contributed by atoms with Gasteiger partial charge < -0.3 is 15.2 Å². The molecule has 0 saturated heterocycles. The lowest BCUT2D eigenvalue weighted by Gasteiger charge is -2.11. The molecule has 3 rings (SSSR count).